The molecule has 136 valence electrons. The summed E-state index contributed by atoms with van der Waals surface area (Å²) >= 11 is 0. The molecule has 1 heterocycles. The van der Waals surface area contributed by atoms with E-state index in [4.69, 9.17) is 5.73 Å². The molecule has 0 spiro atoms. The summed E-state index contributed by atoms with van der Waals surface area (Å²) in [6.45, 7) is 3.50. The van der Waals surface area contributed by atoms with Crippen LogP contribution in [-0.2, 0) is 10.0 Å². The molecule has 1 saturated heterocycles. The topological polar surface area (TPSA) is 91.0 Å². The third kappa shape index (κ3) is 6.77. The first-order valence-electron chi connectivity index (χ1n) is 7.35. The predicted octanol–water partition coefficient (Wildman–Crippen LogP) is 0.430. The summed E-state index contributed by atoms with van der Waals surface area (Å²) in [5, 5.41) is 0. The van der Waals surface area contributed by atoms with Crippen molar-refractivity contribution < 1.29 is 12.8 Å². The van der Waals surface area contributed by atoms with Crippen molar-refractivity contribution in [1.82, 2.24) is 9.62 Å². The molecule has 0 aliphatic carbocycles. The highest BCUT2D eigenvalue weighted by molar-refractivity contribution is 14.0. The fourth-order valence-electron chi connectivity index (χ4n) is 2.35. The Kier molecular flexibility index (Phi) is 8.16. The molecule has 0 saturated carbocycles. The highest BCUT2D eigenvalue weighted by atomic mass is 127. The number of guanidine groups is 1. The van der Waals surface area contributed by atoms with Gasteiger partial charge in [-0.2, -0.15) is 0 Å². The fraction of sp³-hybridized carbons (Fsp3) is 0.500. The number of anilines is 1. The van der Waals surface area contributed by atoms with Gasteiger partial charge in [0.05, 0.1) is 12.8 Å². The first-order valence-corrected chi connectivity index (χ1v) is 9.24. The molecule has 0 aromatic heterocycles. The van der Waals surface area contributed by atoms with Crippen LogP contribution in [0.5, 0.6) is 0 Å². The van der Waals surface area contributed by atoms with Crippen molar-refractivity contribution in [3.05, 3.63) is 30.1 Å². The molecule has 0 bridgehead atoms. The van der Waals surface area contributed by atoms with Gasteiger partial charge in [-0.1, -0.05) is 0 Å². The van der Waals surface area contributed by atoms with E-state index in [2.05, 4.69) is 14.6 Å². The number of nitrogens with two attached hydrogens (primary N) is 1. The Morgan fingerprint density at radius 1 is 1.25 bits per heavy atom. The van der Waals surface area contributed by atoms with Gasteiger partial charge in [0, 0.05) is 38.4 Å². The van der Waals surface area contributed by atoms with Crippen LogP contribution in [0.3, 0.4) is 0 Å². The lowest BCUT2D eigenvalue weighted by molar-refractivity contribution is 0.381. The van der Waals surface area contributed by atoms with E-state index in [1.807, 2.05) is 4.90 Å². The van der Waals surface area contributed by atoms with Crippen molar-refractivity contribution in [2.75, 3.05) is 50.4 Å². The van der Waals surface area contributed by atoms with E-state index in [0.717, 1.165) is 25.0 Å². The number of hydrogen-bond donors (Lipinski definition) is 2. The number of sulfonamides is 1. The molecule has 10 heteroatoms. The SMILES string of the molecule is CS(=O)(=O)NCCN=C(N)N1CCN(c2ccc(F)cc2)CC1.I. The van der Waals surface area contributed by atoms with Crippen LogP contribution in [0, 0.1) is 5.82 Å². The van der Waals surface area contributed by atoms with E-state index in [9.17, 15) is 12.8 Å². The summed E-state index contributed by atoms with van der Waals surface area (Å²) in [4.78, 5) is 8.31. The van der Waals surface area contributed by atoms with E-state index in [0.29, 0.717) is 25.6 Å². The van der Waals surface area contributed by atoms with E-state index in [-0.39, 0.29) is 36.3 Å². The van der Waals surface area contributed by atoms with Gasteiger partial charge in [-0.25, -0.2) is 17.5 Å². The maximum absolute atomic E-state index is 12.9. The molecule has 2 rings (SSSR count). The average Bonchev–Trinajstić information content (AvgIpc) is 2.51. The van der Waals surface area contributed by atoms with Gasteiger partial charge in [-0.3, -0.25) is 4.99 Å². The van der Waals surface area contributed by atoms with Crippen molar-refractivity contribution in [3.63, 3.8) is 0 Å². The second-order valence-electron chi connectivity index (χ2n) is 5.36. The molecule has 1 fully saturated rings. The number of piperazine rings is 1. The molecule has 0 amide bonds. The summed E-state index contributed by atoms with van der Waals surface area (Å²) in [6, 6.07) is 6.43. The van der Waals surface area contributed by atoms with Crippen LogP contribution in [0.15, 0.2) is 29.3 Å². The van der Waals surface area contributed by atoms with Gasteiger partial charge >= 0.3 is 0 Å². The Morgan fingerprint density at radius 3 is 2.38 bits per heavy atom. The summed E-state index contributed by atoms with van der Waals surface area (Å²) < 4.78 is 37.2. The summed E-state index contributed by atoms with van der Waals surface area (Å²) in [6.07, 6.45) is 1.11. The van der Waals surface area contributed by atoms with Crippen molar-refractivity contribution in [1.29, 1.82) is 0 Å². The molecular formula is C14H23FIN5O2S. The van der Waals surface area contributed by atoms with Crippen LogP contribution < -0.4 is 15.4 Å². The summed E-state index contributed by atoms with van der Waals surface area (Å²) in [5.41, 5.74) is 6.92. The second kappa shape index (κ2) is 9.37. The van der Waals surface area contributed by atoms with Crippen molar-refractivity contribution >= 4 is 45.6 Å². The van der Waals surface area contributed by atoms with Crippen LogP contribution in [0.4, 0.5) is 10.1 Å². The lowest BCUT2D eigenvalue weighted by atomic mass is 10.2. The molecule has 24 heavy (non-hydrogen) atoms. The third-order valence-electron chi connectivity index (χ3n) is 3.55. The smallest absolute Gasteiger partial charge is 0.208 e. The Labute approximate surface area is 159 Å². The first kappa shape index (κ1) is 20.9. The number of nitrogens with zero attached hydrogens (tertiary/aromatic N) is 3. The Balaban J connectivity index is 0.00000288. The lowest BCUT2D eigenvalue weighted by Gasteiger charge is -2.36. The molecule has 0 atom stereocenters. The number of benzene rings is 1. The van der Waals surface area contributed by atoms with Crippen LogP contribution >= 0.6 is 24.0 Å². The molecule has 1 aliphatic rings. The zero-order valence-electron chi connectivity index (χ0n) is 13.5. The quantitative estimate of drug-likeness (QED) is 0.282. The van der Waals surface area contributed by atoms with Crippen LogP contribution in [0.1, 0.15) is 0 Å². The number of halogens is 2. The van der Waals surface area contributed by atoms with E-state index >= 15 is 0 Å². The Bertz CT molecular complexity index is 646. The number of nitrogens with one attached hydrogen (secondary N) is 1. The van der Waals surface area contributed by atoms with E-state index in [1.165, 1.54) is 12.1 Å². The van der Waals surface area contributed by atoms with Crippen LogP contribution in [0.2, 0.25) is 0 Å². The van der Waals surface area contributed by atoms with Gasteiger partial charge in [0.2, 0.25) is 10.0 Å². The van der Waals surface area contributed by atoms with Gasteiger partial charge in [0.1, 0.15) is 5.82 Å². The summed E-state index contributed by atoms with van der Waals surface area (Å²) in [5.74, 6) is 0.172. The fourth-order valence-corrected chi connectivity index (χ4v) is 2.81. The van der Waals surface area contributed by atoms with Crippen molar-refractivity contribution in [2.45, 2.75) is 0 Å². The Morgan fingerprint density at radius 2 is 1.83 bits per heavy atom. The van der Waals surface area contributed by atoms with Gasteiger partial charge in [0.25, 0.3) is 0 Å². The van der Waals surface area contributed by atoms with Crippen molar-refractivity contribution in [3.8, 4) is 0 Å². The highest BCUT2D eigenvalue weighted by Gasteiger charge is 2.18. The molecule has 0 radical (unpaired) electrons. The lowest BCUT2D eigenvalue weighted by Crippen LogP contribution is -2.51. The maximum atomic E-state index is 12.9. The van der Waals surface area contributed by atoms with Gasteiger partial charge in [0.15, 0.2) is 5.96 Å². The molecular weight excluding hydrogens is 448 g/mol. The standard InChI is InChI=1S/C14H22FN5O2S.HI/c1-23(21,22)18-7-6-17-14(16)20-10-8-19(9-11-20)13-4-2-12(15)3-5-13;/h2-5,18H,6-11H2,1H3,(H2,16,17);1H. The Hall–Kier alpha value is -1.14. The van der Waals surface area contributed by atoms with Crippen molar-refractivity contribution in [2.24, 2.45) is 10.7 Å². The molecule has 1 aromatic carbocycles. The molecule has 1 aliphatic heterocycles. The molecule has 1 aromatic rings. The molecule has 7 nitrogen and oxygen atoms in total. The second-order valence-corrected chi connectivity index (χ2v) is 7.19. The van der Waals surface area contributed by atoms with Gasteiger partial charge < -0.3 is 15.5 Å². The van der Waals surface area contributed by atoms with E-state index < -0.39 is 10.0 Å². The minimum absolute atomic E-state index is 0. The van der Waals surface area contributed by atoms with Crippen LogP contribution in [-0.4, -0.2) is 64.8 Å². The highest BCUT2D eigenvalue weighted by Crippen LogP contribution is 2.16. The van der Waals surface area contributed by atoms with Gasteiger partial charge in [-0.05, 0) is 24.3 Å². The first-order chi connectivity index (χ1) is 10.8. The largest absolute Gasteiger partial charge is 0.370 e. The normalized spacial score (nSPS) is 16.0. The minimum atomic E-state index is -3.19. The van der Waals surface area contributed by atoms with E-state index in [1.54, 1.807) is 12.1 Å². The zero-order chi connectivity index (χ0) is 16.9. The predicted molar refractivity (Wildman–Crippen MR) is 105 cm³/mol. The van der Waals surface area contributed by atoms with Gasteiger partial charge in [-0.15, -0.1) is 24.0 Å². The monoisotopic (exact) mass is 471 g/mol. The molecule has 3 N–H and O–H groups in total. The third-order valence-corrected chi connectivity index (χ3v) is 4.27. The zero-order valence-corrected chi connectivity index (χ0v) is 16.6. The van der Waals surface area contributed by atoms with Crippen LogP contribution in [0.25, 0.3) is 0 Å². The maximum Gasteiger partial charge on any atom is 0.208 e. The number of rotatable bonds is 5. The number of aliphatic imine (C=N–C) groups is 1. The molecule has 0 unspecified atom stereocenters. The minimum Gasteiger partial charge on any atom is -0.370 e. The number of hydrogen-bond acceptors (Lipinski definition) is 4. The summed E-state index contributed by atoms with van der Waals surface area (Å²) in [7, 11) is -3.19. The average molecular weight is 471 g/mol.